The van der Waals surface area contributed by atoms with Gasteiger partial charge in [-0.15, -0.1) is 0 Å². The van der Waals surface area contributed by atoms with Crippen LogP contribution in [0.4, 0.5) is 0 Å². The fourth-order valence-electron chi connectivity index (χ4n) is 3.05. The van der Waals surface area contributed by atoms with E-state index >= 15 is 0 Å². The lowest BCUT2D eigenvalue weighted by Crippen LogP contribution is -2.60. The lowest BCUT2D eigenvalue weighted by molar-refractivity contribution is -0.149. The van der Waals surface area contributed by atoms with E-state index in [9.17, 15) is 4.79 Å². The number of methoxy groups -OCH3 is 1. The van der Waals surface area contributed by atoms with E-state index in [1.807, 2.05) is 11.8 Å². The van der Waals surface area contributed by atoms with Gasteiger partial charge in [0.05, 0.1) is 13.2 Å². The van der Waals surface area contributed by atoms with Crippen LogP contribution in [0.5, 0.6) is 0 Å². The smallest absolute Gasteiger partial charge is 0.326 e. The van der Waals surface area contributed by atoms with Crippen LogP contribution in [-0.2, 0) is 14.3 Å². The zero-order valence-corrected chi connectivity index (χ0v) is 13.0. The van der Waals surface area contributed by atoms with Gasteiger partial charge in [0, 0.05) is 18.9 Å². The molecule has 0 aromatic heterocycles. The van der Waals surface area contributed by atoms with Crippen molar-refractivity contribution in [2.45, 2.75) is 44.8 Å². The summed E-state index contributed by atoms with van der Waals surface area (Å²) >= 11 is 1.83. The summed E-state index contributed by atoms with van der Waals surface area (Å²) in [6, 6.07) is 0. The van der Waals surface area contributed by atoms with Crippen LogP contribution >= 0.6 is 11.8 Å². The number of rotatable bonds is 4. The normalized spacial score (nSPS) is 34.2. The molecule has 2 rings (SSSR count). The molecule has 2 saturated heterocycles. The van der Waals surface area contributed by atoms with E-state index < -0.39 is 5.54 Å². The Kier molecular flexibility index (Phi) is 4.79. The number of hydrogen-bond acceptors (Lipinski definition) is 5. The second-order valence-corrected chi connectivity index (χ2v) is 7.41. The molecule has 0 radical (unpaired) electrons. The van der Waals surface area contributed by atoms with E-state index in [-0.39, 0.29) is 17.5 Å². The Morgan fingerprint density at radius 2 is 2.26 bits per heavy atom. The van der Waals surface area contributed by atoms with E-state index in [1.54, 1.807) is 0 Å². The molecule has 0 spiro atoms. The van der Waals surface area contributed by atoms with Gasteiger partial charge in [0.1, 0.15) is 5.54 Å². The van der Waals surface area contributed by atoms with Crippen molar-refractivity contribution >= 4 is 17.7 Å². The van der Waals surface area contributed by atoms with E-state index in [4.69, 9.17) is 9.47 Å². The SMILES string of the molecule is COC(=O)C1(NCC2CCCO2)CSCC(C)(C)C1. The topological polar surface area (TPSA) is 47.6 Å². The van der Waals surface area contributed by atoms with Crippen molar-refractivity contribution in [3.63, 3.8) is 0 Å². The molecule has 0 aromatic rings. The summed E-state index contributed by atoms with van der Waals surface area (Å²) in [5.41, 5.74) is -0.395. The largest absolute Gasteiger partial charge is 0.468 e. The van der Waals surface area contributed by atoms with Crippen molar-refractivity contribution in [3.05, 3.63) is 0 Å². The van der Waals surface area contributed by atoms with E-state index in [1.165, 1.54) is 7.11 Å². The molecule has 0 amide bonds. The van der Waals surface area contributed by atoms with Crippen molar-refractivity contribution in [1.82, 2.24) is 5.32 Å². The molecule has 0 aromatic carbocycles. The minimum atomic E-state index is -0.548. The average Bonchev–Trinajstić information content (AvgIpc) is 2.87. The van der Waals surface area contributed by atoms with Gasteiger partial charge in [0.15, 0.2) is 0 Å². The maximum Gasteiger partial charge on any atom is 0.326 e. The number of ether oxygens (including phenoxy) is 2. The van der Waals surface area contributed by atoms with E-state index in [0.717, 1.165) is 43.9 Å². The quantitative estimate of drug-likeness (QED) is 0.799. The fourth-order valence-corrected chi connectivity index (χ4v) is 4.47. The molecule has 2 aliphatic heterocycles. The minimum absolute atomic E-state index is 0.134. The first-order chi connectivity index (χ1) is 8.97. The summed E-state index contributed by atoms with van der Waals surface area (Å²) in [5, 5.41) is 3.46. The molecule has 19 heavy (non-hydrogen) atoms. The predicted octanol–water partition coefficient (Wildman–Crippen LogP) is 1.83. The van der Waals surface area contributed by atoms with Crippen LogP contribution in [0.25, 0.3) is 0 Å². The number of hydrogen-bond donors (Lipinski definition) is 1. The summed E-state index contributed by atoms with van der Waals surface area (Å²) in [5.74, 6) is 1.74. The Balaban J connectivity index is 2.03. The lowest BCUT2D eigenvalue weighted by atomic mass is 9.79. The number of thioether (sulfide) groups is 1. The molecule has 0 aliphatic carbocycles. The highest BCUT2D eigenvalue weighted by molar-refractivity contribution is 7.99. The highest BCUT2D eigenvalue weighted by Gasteiger charge is 2.47. The Morgan fingerprint density at radius 1 is 1.47 bits per heavy atom. The van der Waals surface area contributed by atoms with Gasteiger partial charge in [0.25, 0.3) is 0 Å². The lowest BCUT2D eigenvalue weighted by Gasteiger charge is -2.43. The van der Waals surface area contributed by atoms with Gasteiger partial charge in [-0.3, -0.25) is 10.1 Å². The fraction of sp³-hybridized carbons (Fsp3) is 0.929. The maximum atomic E-state index is 12.2. The molecule has 5 heteroatoms. The summed E-state index contributed by atoms with van der Waals surface area (Å²) in [7, 11) is 1.48. The van der Waals surface area contributed by atoms with E-state index in [0.29, 0.717) is 0 Å². The van der Waals surface area contributed by atoms with Gasteiger partial charge in [-0.25, -0.2) is 0 Å². The molecule has 2 aliphatic rings. The third-order valence-corrected chi connectivity index (χ3v) is 5.57. The van der Waals surface area contributed by atoms with Gasteiger partial charge in [-0.2, -0.15) is 11.8 Å². The number of carbonyl (C=O) groups is 1. The van der Waals surface area contributed by atoms with Crippen molar-refractivity contribution in [2.75, 3.05) is 31.8 Å². The van der Waals surface area contributed by atoms with Crippen molar-refractivity contribution < 1.29 is 14.3 Å². The molecule has 2 fully saturated rings. The first kappa shape index (κ1) is 15.1. The Hall–Kier alpha value is -0.260. The maximum absolute atomic E-state index is 12.2. The average molecular weight is 287 g/mol. The predicted molar refractivity (Wildman–Crippen MR) is 77.4 cm³/mol. The molecule has 110 valence electrons. The van der Waals surface area contributed by atoms with Gasteiger partial charge < -0.3 is 9.47 Å². The third-order valence-electron chi connectivity index (χ3n) is 3.89. The van der Waals surface area contributed by atoms with Gasteiger partial charge in [0.2, 0.25) is 0 Å². The molecule has 2 unspecified atom stereocenters. The van der Waals surface area contributed by atoms with Crippen molar-refractivity contribution in [3.8, 4) is 0 Å². The number of nitrogens with one attached hydrogen (secondary N) is 1. The summed E-state index contributed by atoms with van der Waals surface area (Å²) in [4.78, 5) is 12.2. The van der Waals surface area contributed by atoms with E-state index in [2.05, 4.69) is 19.2 Å². The minimum Gasteiger partial charge on any atom is -0.468 e. The van der Waals surface area contributed by atoms with Gasteiger partial charge >= 0.3 is 5.97 Å². The molecular weight excluding hydrogens is 262 g/mol. The second kappa shape index (κ2) is 6.02. The van der Waals surface area contributed by atoms with Crippen LogP contribution < -0.4 is 5.32 Å². The first-order valence-electron chi connectivity index (χ1n) is 7.00. The number of carbonyl (C=O) groups excluding carboxylic acids is 1. The molecular formula is C14H25NO3S. The van der Waals surface area contributed by atoms with Crippen LogP contribution in [0.3, 0.4) is 0 Å². The molecule has 4 nitrogen and oxygen atoms in total. The molecule has 0 bridgehead atoms. The standard InChI is InChI=1S/C14H25NO3S/c1-13(2)8-14(10-19-9-13,12(16)17-3)15-7-11-5-4-6-18-11/h11,15H,4-10H2,1-3H3. The zero-order chi connectivity index (χ0) is 13.9. The van der Waals surface area contributed by atoms with Crippen LogP contribution in [0.15, 0.2) is 0 Å². The Bertz CT molecular complexity index is 329. The van der Waals surface area contributed by atoms with Crippen molar-refractivity contribution in [1.29, 1.82) is 0 Å². The van der Waals surface area contributed by atoms with Crippen LogP contribution in [0.1, 0.15) is 33.1 Å². The van der Waals surface area contributed by atoms with Gasteiger partial charge in [-0.1, -0.05) is 13.8 Å². The Labute approximate surface area is 120 Å². The third kappa shape index (κ3) is 3.64. The Morgan fingerprint density at radius 3 is 2.84 bits per heavy atom. The molecule has 2 atom stereocenters. The zero-order valence-electron chi connectivity index (χ0n) is 12.2. The highest BCUT2D eigenvalue weighted by atomic mass is 32.2. The highest BCUT2D eigenvalue weighted by Crippen LogP contribution is 2.39. The van der Waals surface area contributed by atoms with Crippen molar-refractivity contribution in [2.24, 2.45) is 5.41 Å². The first-order valence-corrected chi connectivity index (χ1v) is 8.16. The summed E-state index contributed by atoms with van der Waals surface area (Å²) in [6.07, 6.45) is 3.28. The summed E-state index contributed by atoms with van der Waals surface area (Å²) < 4.78 is 10.7. The molecule has 2 heterocycles. The van der Waals surface area contributed by atoms with Crippen LogP contribution in [0, 0.1) is 5.41 Å². The summed E-state index contributed by atoms with van der Waals surface area (Å²) in [6.45, 7) is 6.01. The molecule has 1 N–H and O–H groups in total. The number of esters is 1. The molecule has 0 saturated carbocycles. The monoisotopic (exact) mass is 287 g/mol. The van der Waals surface area contributed by atoms with Crippen LogP contribution in [-0.4, -0.2) is 49.4 Å². The van der Waals surface area contributed by atoms with Crippen LogP contribution in [0.2, 0.25) is 0 Å². The van der Waals surface area contributed by atoms with Gasteiger partial charge in [-0.05, 0) is 30.4 Å². The second-order valence-electron chi connectivity index (χ2n) is 6.42.